The Balaban J connectivity index is 2.26. The molecular weight excluding hydrogens is 316 g/mol. The van der Waals surface area contributed by atoms with Crippen molar-refractivity contribution >= 4 is 33.7 Å². The minimum Gasteiger partial charge on any atom is -0.480 e. The molecule has 0 radical (unpaired) electrons. The van der Waals surface area contributed by atoms with Gasteiger partial charge in [0.1, 0.15) is 12.1 Å². The number of nitrogens with zero attached hydrogens (tertiary/aromatic N) is 2. The predicted molar refractivity (Wildman–Crippen MR) is 79.4 cm³/mol. The fourth-order valence-electron chi connectivity index (χ4n) is 2.92. The molecule has 1 N–H and O–H groups in total. The van der Waals surface area contributed by atoms with Gasteiger partial charge < -0.3 is 10.0 Å². The Morgan fingerprint density at radius 3 is 2.52 bits per heavy atom. The summed E-state index contributed by atoms with van der Waals surface area (Å²) in [6.45, 7) is 2.22. The largest absolute Gasteiger partial charge is 0.480 e. The SMILES string of the molecule is CCC1SCC(C(=O)O)N1C(=O)C1CCCN1S(C)(=O)=O. The van der Waals surface area contributed by atoms with E-state index < -0.39 is 28.1 Å². The standard InChI is InChI=1S/C12H20N2O5S2/c1-3-10-14(9(7-20-10)12(16)17)11(15)8-5-4-6-13(8)21(2,18)19/h8-10H,3-7H2,1-2H3,(H,16,17). The Hall–Kier alpha value is -0.800. The highest BCUT2D eigenvalue weighted by atomic mass is 32.2. The molecule has 1 amide bonds. The molecule has 3 atom stereocenters. The molecule has 0 spiro atoms. The molecule has 2 saturated heterocycles. The van der Waals surface area contributed by atoms with E-state index in [9.17, 15) is 23.1 Å². The first-order valence-corrected chi connectivity index (χ1v) is 9.80. The summed E-state index contributed by atoms with van der Waals surface area (Å²) in [5, 5.41) is 9.08. The third-order valence-electron chi connectivity index (χ3n) is 3.90. The highest BCUT2D eigenvalue weighted by Crippen LogP contribution is 2.34. The summed E-state index contributed by atoms with van der Waals surface area (Å²) in [7, 11) is -3.46. The molecule has 0 aromatic rings. The van der Waals surface area contributed by atoms with Crippen LogP contribution in [0.4, 0.5) is 0 Å². The first-order chi connectivity index (χ1) is 9.77. The number of carbonyl (C=O) groups is 2. The second-order valence-corrected chi connectivity index (χ2v) is 8.47. The lowest BCUT2D eigenvalue weighted by molar-refractivity contribution is -0.150. The molecule has 2 aliphatic rings. The number of hydrogen-bond donors (Lipinski definition) is 1. The lowest BCUT2D eigenvalue weighted by Crippen LogP contribution is -2.53. The normalized spacial score (nSPS) is 30.8. The van der Waals surface area contributed by atoms with Crippen molar-refractivity contribution in [1.82, 2.24) is 9.21 Å². The zero-order valence-electron chi connectivity index (χ0n) is 12.1. The summed E-state index contributed by atoms with van der Waals surface area (Å²) in [5.74, 6) is -1.05. The summed E-state index contributed by atoms with van der Waals surface area (Å²) < 4.78 is 24.7. The Kier molecular flexibility index (Phi) is 4.84. The van der Waals surface area contributed by atoms with Crippen LogP contribution in [0.2, 0.25) is 0 Å². The van der Waals surface area contributed by atoms with Crippen molar-refractivity contribution in [1.29, 1.82) is 0 Å². The maximum absolute atomic E-state index is 12.7. The number of amides is 1. The second kappa shape index (κ2) is 6.13. The summed E-state index contributed by atoms with van der Waals surface area (Å²) in [6, 6.07) is -1.62. The minimum absolute atomic E-state index is 0.194. The number of carboxylic acid groups (broad SMARTS) is 1. The van der Waals surface area contributed by atoms with Gasteiger partial charge in [0, 0.05) is 12.3 Å². The van der Waals surface area contributed by atoms with Crippen molar-refractivity contribution in [3.05, 3.63) is 0 Å². The summed E-state index contributed by atoms with van der Waals surface area (Å²) in [4.78, 5) is 25.4. The lowest BCUT2D eigenvalue weighted by Gasteiger charge is -2.31. The topological polar surface area (TPSA) is 95.0 Å². The van der Waals surface area contributed by atoms with Gasteiger partial charge in [0.25, 0.3) is 0 Å². The highest BCUT2D eigenvalue weighted by Gasteiger charge is 2.46. The molecular formula is C12H20N2O5S2. The maximum atomic E-state index is 12.7. The van der Waals surface area contributed by atoms with Crippen LogP contribution in [-0.4, -0.2) is 70.6 Å². The van der Waals surface area contributed by atoms with Gasteiger partial charge in [0.15, 0.2) is 0 Å². The van der Waals surface area contributed by atoms with Gasteiger partial charge in [-0.3, -0.25) is 4.79 Å². The molecule has 120 valence electrons. The van der Waals surface area contributed by atoms with Crippen LogP contribution in [0.15, 0.2) is 0 Å². The van der Waals surface area contributed by atoms with Gasteiger partial charge in [-0.2, -0.15) is 4.31 Å². The van der Waals surface area contributed by atoms with Gasteiger partial charge >= 0.3 is 5.97 Å². The number of rotatable bonds is 4. The van der Waals surface area contributed by atoms with Gasteiger partial charge in [0.05, 0.1) is 11.6 Å². The molecule has 2 rings (SSSR count). The Bertz CT molecular complexity index is 536. The van der Waals surface area contributed by atoms with Crippen LogP contribution >= 0.6 is 11.8 Å². The molecule has 0 aliphatic carbocycles. The molecule has 0 aromatic heterocycles. The van der Waals surface area contributed by atoms with E-state index in [-0.39, 0.29) is 11.3 Å². The van der Waals surface area contributed by atoms with Gasteiger partial charge in [-0.15, -0.1) is 11.8 Å². The minimum atomic E-state index is -3.46. The van der Waals surface area contributed by atoms with E-state index in [0.29, 0.717) is 31.6 Å². The molecule has 21 heavy (non-hydrogen) atoms. The Morgan fingerprint density at radius 2 is 2.00 bits per heavy atom. The fraction of sp³-hybridized carbons (Fsp3) is 0.833. The molecule has 0 aromatic carbocycles. The van der Waals surface area contributed by atoms with Crippen molar-refractivity contribution in [2.24, 2.45) is 0 Å². The number of hydrogen-bond acceptors (Lipinski definition) is 5. The van der Waals surface area contributed by atoms with Crippen LogP contribution in [-0.2, 0) is 19.6 Å². The molecule has 9 heteroatoms. The van der Waals surface area contributed by atoms with Crippen LogP contribution in [0.1, 0.15) is 26.2 Å². The maximum Gasteiger partial charge on any atom is 0.327 e. The van der Waals surface area contributed by atoms with Crippen LogP contribution in [0.3, 0.4) is 0 Å². The number of sulfonamides is 1. The van der Waals surface area contributed by atoms with Crippen molar-refractivity contribution in [3.8, 4) is 0 Å². The summed E-state index contributed by atoms with van der Waals surface area (Å²) in [6.07, 6.45) is 2.81. The Labute approximate surface area is 128 Å². The third kappa shape index (κ3) is 3.19. The average Bonchev–Trinajstić information content (AvgIpc) is 3.03. The number of carboxylic acids is 1. The second-order valence-electron chi connectivity index (χ2n) is 5.33. The number of aliphatic carboxylic acids is 1. The van der Waals surface area contributed by atoms with Gasteiger partial charge in [-0.05, 0) is 19.3 Å². The summed E-state index contributed by atoms with van der Waals surface area (Å²) in [5.41, 5.74) is 0. The van der Waals surface area contributed by atoms with E-state index in [0.717, 1.165) is 6.26 Å². The smallest absolute Gasteiger partial charge is 0.327 e. The van der Waals surface area contributed by atoms with Crippen molar-refractivity contribution in [3.63, 3.8) is 0 Å². The molecule has 2 fully saturated rings. The Morgan fingerprint density at radius 1 is 1.33 bits per heavy atom. The fourth-order valence-corrected chi connectivity index (χ4v) is 5.39. The van der Waals surface area contributed by atoms with E-state index in [2.05, 4.69) is 0 Å². The molecule has 7 nitrogen and oxygen atoms in total. The van der Waals surface area contributed by atoms with Crippen LogP contribution < -0.4 is 0 Å². The van der Waals surface area contributed by atoms with Crippen LogP contribution in [0, 0.1) is 0 Å². The van der Waals surface area contributed by atoms with Gasteiger partial charge in [-0.25, -0.2) is 13.2 Å². The van der Waals surface area contributed by atoms with Gasteiger partial charge in [0.2, 0.25) is 15.9 Å². The van der Waals surface area contributed by atoms with Crippen molar-refractivity contribution < 1.29 is 23.1 Å². The van der Waals surface area contributed by atoms with E-state index >= 15 is 0 Å². The first-order valence-electron chi connectivity index (χ1n) is 6.90. The summed E-state index contributed by atoms with van der Waals surface area (Å²) >= 11 is 1.44. The van der Waals surface area contributed by atoms with Crippen LogP contribution in [0.25, 0.3) is 0 Å². The molecule has 2 heterocycles. The highest BCUT2D eigenvalue weighted by molar-refractivity contribution is 8.00. The van der Waals surface area contributed by atoms with E-state index in [1.54, 1.807) is 0 Å². The van der Waals surface area contributed by atoms with Crippen LogP contribution in [0.5, 0.6) is 0 Å². The molecule has 0 bridgehead atoms. The predicted octanol–water partition coefficient (Wildman–Crippen LogP) is 0.175. The van der Waals surface area contributed by atoms with Crippen molar-refractivity contribution in [2.45, 2.75) is 43.6 Å². The van der Waals surface area contributed by atoms with Crippen molar-refractivity contribution in [2.75, 3.05) is 18.6 Å². The molecule has 3 unspecified atom stereocenters. The first kappa shape index (κ1) is 16.6. The number of carbonyl (C=O) groups excluding carboxylic acids is 1. The quantitative estimate of drug-likeness (QED) is 0.787. The number of thioether (sulfide) groups is 1. The third-order valence-corrected chi connectivity index (χ3v) is 6.64. The van der Waals surface area contributed by atoms with E-state index in [1.807, 2.05) is 6.92 Å². The van der Waals surface area contributed by atoms with E-state index in [1.165, 1.54) is 21.0 Å². The lowest BCUT2D eigenvalue weighted by atomic mass is 10.1. The average molecular weight is 336 g/mol. The molecule has 0 saturated carbocycles. The monoisotopic (exact) mass is 336 g/mol. The zero-order chi connectivity index (χ0) is 15.8. The van der Waals surface area contributed by atoms with Gasteiger partial charge in [-0.1, -0.05) is 6.92 Å². The van der Waals surface area contributed by atoms with E-state index in [4.69, 9.17) is 0 Å². The molecule has 2 aliphatic heterocycles. The zero-order valence-corrected chi connectivity index (χ0v) is 13.7.